The predicted octanol–water partition coefficient (Wildman–Crippen LogP) is 2.40. The van der Waals surface area contributed by atoms with E-state index < -0.39 is 5.82 Å². The van der Waals surface area contributed by atoms with E-state index in [1.165, 1.54) is 18.2 Å². The van der Waals surface area contributed by atoms with Crippen LogP contribution in [-0.4, -0.2) is 59.6 Å². The highest BCUT2D eigenvalue weighted by Gasteiger charge is 2.29. The third-order valence-electron chi connectivity index (χ3n) is 4.73. The van der Waals surface area contributed by atoms with Crippen LogP contribution in [0, 0.1) is 11.7 Å². The van der Waals surface area contributed by atoms with Crippen LogP contribution in [-0.2, 0) is 0 Å². The van der Waals surface area contributed by atoms with Crippen molar-refractivity contribution >= 4 is 17.5 Å². The Balaban J connectivity index is 1.62. The van der Waals surface area contributed by atoms with Crippen LogP contribution >= 0.6 is 11.6 Å². The van der Waals surface area contributed by atoms with Gasteiger partial charge in [-0.1, -0.05) is 11.6 Å². The number of aliphatic hydroxyl groups is 1. The molecule has 0 saturated carbocycles. The number of benzene rings is 1. The van der Waals surface area contributed by atoms with E-state index in [0.29, 0.717) is 24.6 Å². The number of carbonyl (C=O) groups is 1. The number of rotatable bonds is 3. The molecule has 0 unspecified atom stereocenters. The van der Waals surface area contributed by atoms with Gasteiger partial charge in [0.15, 0.2) is 0 Å². The summed E-state index contributed by atoms with van der Waals surface area (Å²) < 4.78 is 13.1. The molecule has 1 amide bonds. The number of aliphatic hydroxyl groups excluding tert-OH is 1. The van der Waals surface area contributed by atoms with E-state index in [9.17, 15) is 14.3 Å². The van der Waals surface area contributed by atoms with E-state index in [-0.39, 0.29) is 17.0 Å². The smallest absolute Gasteiger partial charge is 0.255 e. The topological polar surface area (TPSA) is 43.8 Å². The molecule has 2 aliphatic rings. The molecule has 2 atom stereocenters. The number of likely N-dealkylation sites (tertiary alicyclic amines) is 2. The third-order valence-corrected chi connectivity index (χ3v) is 5.04. The van der Waals surface area contributed by atoms with E-state index in [0.717, 1.165) is 38.9 Å². The largest absolute Gasteiger partial charge is 0.392 e. The second-order valence-electron chi connectivity index (χ2n) is 6.59. The van der Waals surface area contributed by atoms with E-state index in [2.05, 4.69) is 4.90 Å². The first-order valence-electron chi connectivity index (χ1n) is 8.17. The van der Waals surface area contributed by atoms with Crippen molar-refractivity contribution in [1.29, 1.82) is 0 Å². The van der Waals surface area contributed by atoms with Crippen LogP contribution in [0.25, 0.3) is 0 Å². The summed E-state index contributed by atoms with van der Waals surface area (Å²) in [5.74, 6) is -0.144. The molecule has 2 aliphatic heterocycles. The van der Waals surface area contributed by atoms with Gasteiger partial charge in [0.2, 0.25) is 0 Å². The van der Waals surface area contributed by atoms with E-state index >= 15 is 0 Å². The van der Waals surface area contributed by atoms with Gasteiger partial charge in [0.25, 0.3) is 5.91 Å². The highest BCUT2D eigenvalue weighted by Crippen LogP contribution is 2.24. The van der Waals surface area contributed by atoms with Crippen molar-refractivity contribution in [3.05, 3.63) is 34.6 Å². The summed E-state index contributed by atoms with van der Waals surface area (Å²) in [6.45, 7) is 3.98. The minimum Gasteiger partial charge on any atom is -0.392 e. The molecule has 1 aromatic carbocycles. The number of hydrogen-bond acceptors (Lipinski definition) is 3. The van der Waals surface area contributed by atoms with Gasteiger partial charge in [0, 0.05) is 32.7 Å². The second-order valence-corrected chi connectivity index (χ2v) is 6.99. The summed E-state index contributed by atoms with van der Waals surface area (Å²) in [6, 6.07) is 3.91. The first-order chi connectivity index (χ1) is 11.0. The van der Waals surface area contributed by atoms with Gasteiger partial charge >= 0.3 is 0 Å². The average Bonchev–Trinajstić information content (AvgIpc) is 2.92. The molecule has 0 aromatic heterocycles. The van der Waals surface area contributed by atoms with E-state index in [1.807, 2.05) is 4.90 Å². The lowest BCUT2D eigenvalue weighted by molar-refractivity contribution is 0.0642. The molecule has 3 rings (SSSR count). The molecule has 1 aromatic rings. The van der Waals surface area contributed by atoms with E-state index in [1.54, 1.807) is 0 Å². The Hall–Kier alpha value is -1.17. The summed E-state index contributed by atoms with van der Waals surface area (Å²) in [5, 5.41) is 9.79. The molecule has 1 N–H and O–H groups in total. The lowest BCUT2D eigenvalue weighted by Crippen LogP contribution is -2.43. The van der Waals surface area contributed by atoms with Gasteiger partial charge in [-0.05, 0) is 43.4 Å². The van der Waals surface area contributed by atoms with Gasteiger partial charge in [0.05, 0.1) is 16.7 Å². The van der Waals surface area contributed by atoms with Crippen LogP contribution in [0.2, 0.25) is 5.02 Å². The average molecular weight is 341 g/mol. The summed E-state index contributed by atoms with van der Waals surface area (Å²) >= 11 is 6.01. The molecular formula is C17H22ClFN2O2. The van der Waals surface area contributed by atoms with Crippen LogP contribution in [0.1, 0.15) is 29.6 Å². The molecule has 4 nitrogen and oxygen atoms in total. The molecule has 6 heteroatoms. The minimum atomic E-state index is -0.435. The van der Waals surface area contributed by atoms with Crippen molar-refractivity contribution in [2.75, 3.05) is 32.7 Å². The number of nitrogens with zero attached hydrogens (tertiary/aromatic N) is 2. The standard InChI is InChI=1S/C17H22ClFN2O2/c18-16-8-13(19)3-4-15(16)17(23)21-6-1-2-12(10-21)9-20-7-5-14(22)11-20/h3-4,8,12,14,22H,1-2,5-7,9-11H2/t12-,14-/m0/s1. The highest BCUT2D eigenvalue weighted by molar-refractivity contribution is 6.33. The number of amides is 1. The summed E-state index contributed by atoms with van der Waals surface area (Å²) in [4.78, 5) is 16.7. The van der Waals surface area contributed by atoms with Crippen molar-refractivity contribution in [2.24, 2.45) is 5.92 Å². The zero-order valence-electron chi connectivity index (χ0n) is 13.0. The van der Waals surface area contributed by atoms with E-state index in [4.69, 9.17) is 11.6 Å². The Morgan fingerprint density at radius 1 is 1.30 bits per heavy atom. The lowest BCUT2D eigenvalue weighted by Gasteiger charge is -2.35. The maximum Gasteiger partial charge on any atom is 0.255 e. The molecule has 23 heavy (non-hydrogen) atoms. The van der Waals surface area contributed by atoms with Crippen molar-refractivity contribution in [1.82, 2.24) is 9.80 Å². The van der Waals surface area contributed by atoms with Crippen LogP contribution in [0.15, 0.2) is 18.2 Å². The third kappa shape index (κ3) is 4.03. The lowest BCUT2D eigenvalue weighted by atomic mass is 9.96. The van der Waals surface area contributed by atoms with Gasteiger partial charge in [-0.3, -0.25) is 4.79 Å². The van der Waals surface area contributed by atoms with Gasteiger partial charge in [-0.25, -0.2) is 4.39 Å². The fourth-order valence-electron chi connectivity index (χ4n) is 3.57. The zero-order chi connectivity index (χ0) is 16.4. The molecule has 0 bridgehead atoms. The highest BCUT2D eigenvalue weighted by atomic mass is 35.5. The number of piperidine rings is 1. The van der Waals surface area contributed by atoms with Crippen LogP contribution in [0.3, 0.4) is 0 Å². The number of halogens is 2. The molecule has 2 saturated heterocycles. The fourth-order valence-corrected chi connectivity index (χ4v) is 3.82. The Morgan fingerprint density at radius 3 is 2.83 bits per heavy atom. The molecule has 0 radical (unpaired) electrons. The number of carbonyl (C=O) groups excluding carboxylic acids is 1. The molecule has 0 aliphatic carbocycles. The van der Waals surface area contributed by atoms with Crippen molar-refractivity contribution in [3.8, 4) is 0 Å². The fraction of sp³-hybridized carbons (Fsp3) is 0.588. The molecular weight excluding hydrogens is 319 g/mol. The van der Waals surface area contributed by atoms with Crippen LogP contribution < -0.4 is 0 Å². The Bertz CT molecular complexity index is 584. The van der Waals surface area contributed by atoms with Crippen molar-refractivity contribution in [3.63, 3.8) is 0 Å². The Kier molecular flexibility index (Phi) is 5.19. The van der Waals surface area contributed by atoms with Crippen molar-refractivity contribution < 1.29 is 14.3 Å². The summed E-state index contributed by atoms with van der Waals surface area (Å²) in [5.41, 5.74) is 0.366. The minimum absolute atomic E-state index is 0.124. The maximum absolute atomic E-state index is 13.1. The SMILES string of the molecule is O=C(c1ccc(F)cc1Cl)N1CCC[C@@H](CN2CC[C@H](O)C2)C1. The van der Waals surface area contributed by atoms with Gasteiger partial charge in [-0.15, -0.1) is 0 Å². The van der Waals surface area contributed by atoms with Gasteiger partial charge in [-0.2, -0.15) is 0 Å². The quantitative estimate of drug-likeness (QED) is 0.919. The number of hydrogen-bond donors (Lipinski definition) is 1. The maximum atomic E-state index is 13.1. The monoisotopic (exact) mass is 340 g/mol. The molecule has 126 valence electrons. The normalized spacial score (nSPS) is 25.8. The van der Waals surface area contributed by atoms with Crippen LogP contribution in [0.5, 0.6) is 0 Å². The molecule has 2 fully saturated rings. The zero-order valence-corrected chi connectivity index (χ0v) is 13.8. The Labute approximate surface area is 140 Å². The number of β-amino-alcohol motifs (C(OH)–C–C–N with tert-alkyl or cyclic N) is 1. The van der Waals surface area contributed by atoms with Crippen molar-refractivity contribution in [2.45, 2.75) is 25.4 Å². The first-order valence-corrected chi connectivity index (χ1v) is 8.55. The predicted molar refractivity (Wildman–Crippen MR) is 87.1 cm³/mol. The van der Waals surface area contributed by atoms with Gasteiger partial charge < -0.3 is 14.9 Å². The Morgan fingerprint density at radius 2 is 2.13 bits per heavy atom. The van der Waals surface area contributed by atoms with Gasteiger partial charge in [0.1, 0.15) is 5.82 Å². The first kappa shape index (κ1) is 16.7. The summed E-state index contributed by atoms with van der Waals surface area (Å²) in [6.07, 6.45) is 2.68. The molecule has 2 heterocycles. The summed E-state index contributed by atoms with van der Waals surface area (Å²) in [7, 11) is 0. The second kappa shape index (κ2) is 7.16. The van der Waals surface area contributed by atoms with Crippen LogP contribution in [0.4, 0.5) is 4.39 Å². The molecule has 0 spiro atoms.